The first kappa shape index (κ1) is 6.56. The van der Waals surface area contributed by atoms with Gasteiger partial charge in [0.05, 0.1) is 21.1 Å². The monoisotopic (exact) mass is 199 g/mol. The van der Waals surface area contributed by atoms with Gasteiger partial charge in [0, 0.05) is 0 Å². The van der Waals surface area contributed by atoms with Crippen LogP contribution in [0.5, 0.6) is 0 Å². The molecule has 0 aliphatic heterocycles. The number of hydrogen-bond acceptors (Lipinski definition) is 0. The topological polar surface area (TPSA) is 0 Å². The second-order valence-electron chi connectivity index (χ2n) is 2.21. The molecule has 0 radical (unpaired) electrons. The third-order valence-corrected chi connectivity index (χ3v) is 1.96. The lowest BCUT2D eigenvalue weighted by atomic mass is 10.8. The SMILES string of the molecule is C[N+](C)(C)C=[I-]. The predicted octanol–water partition coefficient (Wildman–Crippen LogP) is -2.99. The Morgan fingerprint density at radius 3 is 1.50 bits per heavy atom. The van der Waals surface area contributed by atoms with Crippen LogP contribution >= 0.6 is 0 Å². The van der Waals surface area contributed by atoms with Gasteiger partial charge in [-0.2, -0.15) is 0 Å². The van der Waals surface area contributed by atoms with Crippen LogP contribution in [0, 0.1) is 0 Å². The summed E-state index contributed by atoms with van der Waals surface area (Å²) in [6.45, 7) is 0. The van der Waals surface area contributed by atoms with Gasteiger partial charge in [-0.15, -0.1) is 0 Å². The minimum atomic E-state index is 0.931. The lowest BCUT2D eigenvalue weighted by Crippen LogP contribution is -3.21. The molecular weight excluding hydrogens is 189 g/mol. The summed E-state index contributed by atoms with van der Waals surface area (Å²) >= 11 is 2.24. The molecule has 0 rings (SSSR count). The van der Waals surface area contributed by atoms with Gasteiger partial charge in [0.25, 0.3) is 0 Å². The van der Waals surface area contributed by atoms with Gasteiger partial charge in [0.15, 0.2) is 0 Å². The first-order valence-corrected chi connectivity index (χ1v) is 3.06. The average molecular weight is 199 g/mol. The van der Waals surface area contributed by atoms with Crippen LogP contribution in [0.4, 0.5) is 0 Å². The molecule has 0 saturated carbocycles. The molecule has 0 bridgehead atoms. The van der Waals surface area contributed by atoms with Crippen molar-refractivity contribution < 1.29 is 26.6 Å². The van der Waals surface area contributed by atoms with E-state index in [0.717, 1.165) is 4.48 Å². The van der Waals surface area contributed by atoms with Gasteiger partial charge in [0.2, 0.25) is 0 Å². The lowest BCUT2D eigenvalue weighted by molar-refractivity contribution is -0.782. The van der Waals surface area contributed by atoms with Gasteiger partial charge in [-0.3, -0.25) is 0 Å². The fourth-order valence-electron chi connectivity index (χ4n) is 0. The highest BCUT2D eigenvalue weighted by atomic mass is 127. The summed E-state index contributed by atoms with van der Waals surface area (Å²) in [5.41, 5.74) is 0. The molecule has 0 aliphatic carbocycles. The molecular formula is C4H10IN. The number of hydrogen-bond donors (Lipinski definition) is 0. The Hall–Kier alpha value is 0.560. The molecule has 0 fully saturated rings. The number of nitrogens with zero attached hydrogens (tertiary/aromatic N) is 1. The van der Waals surface area contributed by atoms with E-state index >= 15 is 0 Å². The summed E-state index contributed by atoms with van der Waals surface area (Å²) in [6.07, 6.45) is 0. The molecule has 0 heterocycles. The number of halogens is 1. The van der Waals surface area contributed by atoms with Crippen molar-refractivity contribution in [3.63, 3.8) is 0 Å². The van der Waals surface area contributed by atoms with E-state index in [1.54, 1.807) is 0 Å². The highest BCUT2D eigenvalue weighted by molar-refractivity contribution is 5.35. The minimum Gasteiger partial charge on any atom is -0.702 e. The van der Waals surface area contributed by atoms with E-state index < -0.39 is 0 Å². The molecule has 0 atom stereocenters. The first-order chi connectivity index (χ1) is 2.56. The third kappa shape index (κ3) is 4.56. The first-order valence-electron chi connectivity index (χ1n) is 1.82. The van der Waals surface area contributed by atoms with Crippen molar-refractivity contribution in [2.24, 2.45) is 0 Å². The molecule has 6 heavy (non-hydrogen) atoms. The molecule has 0 aromatic rings. The smallest absolute Gasteiger partial charge is 0.0701 e. The second kappa shape index (κ2) is 2.02. The summed E-state index contributed by atoms with van der Waals surface area (Å²) in [4.78, 5) is 0. The zero-order valence-corrected chi connectivity index (χ0v) is 6.56. The Kier molecular flexibility index (Phi) is 2.21. The molecule has 0 aliphatic rings. The van der Waals surface area contributed by atoms with E-state index in [9.17, 15) is 0 Å². The Bertz CT molecular complexity index is 53.1. The Balaban J connectivity index is 3.45. The highest BCUT2D eigenvalue weighted by Crippen LogP contribution is 1.74. The number of rotatable bonds is 1. The molecule has 0 spiro atoms. The Morgan fingerprint density at radius 1 is 1.33 bits per heavy atom. The van der Waals surface area contributed by atoms with Crippen LogP contribution in [0.3, 0.4) is 0 Å². The van der Waals surface area contributed by atoms with Crippen LogP contribution in [-0.4, -0.2) is 29.8 Å². The van der Waals surface area contributed by atoms with E-state index in [1.807, 2.05) is 0 Å². The molecule has 0 saturated heterocycles. The zero-order valence-electron chi connectivity index (χ0n) is 4.40. The Labute approximate surface area is 52.2 Å². The van der Waals surface area contributed by atoms with E-state index in [0.29, 0.717) is 0 Å². The van der Waals surface area contributed by atoms with E-state index in [4.69, 9.17) is 0 Å². The predicted molar refractivity (Wildman–Crippen MR) is 24.1 cm³/mol. The second-order valence-corrected chi connectivity index (χ2v) is 2.77. The van der Waals surface area contributed by atoms with E-state index in [-0.39, 0.29) is 0 Å². The van der Waals surface area contributed by atoms with E-state index in [2.05, 4.69) is 47.4 Å². The maximum absolute atomic E-state index is 2.24. The molecule has 0 aromatic heterocycles. The highest BCUT2D eigenvalue weighted by Gasteiger charge is 1.89. The summed E-state index contributed by atoms with van der Waals surface area (Å²) in [5, 5.41) is 0. The normalized spacial score (nSPS) is 11.3. The number of quaternary nitrogens is 1. The van der Waals surface area contributed by atoms with Crippen molar-refractivity contribution in [2.45, 2.75) is 0 Å². The minimum absolute atomic E-state index is 0.931. The quantitative estimate of drug-likeness (QED) is 0.312. The van der Waals surface area contributed by atoms with Gasteiger partial charge < -0.3 is 26.6 Å². The fourth-order valence-corrected chi connectivity index (χ4v) is 0. The van der Waals surface area contributed by atoms with Gasteiger partial charge in [0.1, 0.15) is 0 Å². The van der Waals surface area contributed by atoms with Crippen molar-refractivity contribution in [3.8, 4) is 0 Å². The molecule has 1 nitrogen and oxygen atoms in total. The van der Waals surface area contributed by atoms with Crippen molar-refractivity contribution >= 4 is 4.14 Å². The van der Waals surface area contributed by atoms with Gasteiger partial charge >= 0.3 is 0 Å². The molecule has 38 valence electrons. The van der Waals surface area contributed by atoms with Crippen LogP contribution in [0.25, 0.3) is 0 Å². The van der Waals surface area contributed by atoms with Gasteiger partial charge in [-0.05, 0) is 0 Å². The van der Waals surface area contributed by atoms with Crippen molar-refractivity contribution in [2.75, 3.05) is 21.1 Å². The van der Waals surface area contributed by atoms with Crippen LogP contribution in [0.15, 0.2) is 0 Å². The van der Waals surface area contributed by atoms with Crippen LogP contribution < -0.4 is 22.1 Å². The maximum atomic E-state index is 2.24. The van der Waals surface area contributed by atoms with Crippen molar-refractivity contribution in [1.82, 2.24) is 0 Å². The third-order valence-electron chi connectivity index (χ3n) is 0.293. The van der Waals surface area contributed by atoms with Crippen molar-refractivity contribution in [1.29, 1.82) is 0 Å². The van der Waals surface area contributed by atoms with Crippen LogP contribution in [0.1, 0.15) is 0 Å². The van der Waals surface area contributed by atoms with Crippen molar-refractivity contribution in [3.05, 3.63) is 0 Å². The van der Waals surface area contributed by atoms with Gasteiger partial charge in [-0.25, -0.2) is 0 Å². The average Bonchev–Trinajstić information content (AvgIpc) is 1.35. The molecule has 0 amide bonds. The summed E-state index contributed by atoms with van der Waals surface area (Å²) in [7, 11) is 6.35. The summed E-state index contributed by atoms with van der Waals surface area (Å²) < 4.78 is 3.03. The van der Waals surface area contributed by atoms with Gasteiger partial charge in [-0.1, -0.05) is 4.14 Å². The maximum Gasteiger partial charge on any atom is 0.0701 e. The molecule has 0 N–H and O–H groups in total. The summed E-state index contributed by atoms with van der Waals surface area (Å²) in [6, 6.07) is 0. The lowest BCUT2D eigenvalue weighted by Gasteiger charge is -2.20. The standard InChI is InChI=1S/C4H10IN/c1-6(2,3)4-5/h4H,1-3H3. The Morgan fingerprint density at radius 2 is 1.50 bits per heavy atom. The molecule has 0 unspecified atom stereocenters. The molecule has 2 heteroatoms. The van der Waals surface area contributed by atoms with Crippen LogP contribution in [-0.2, 0) is 0 Å². The summed E-state index contributed by atoms with van der Waals surface area (Å²) in [5.74, 6) is 0. The fraction of sp³-hybridized carbons (Fsp3) is 0.750. The largest absolute Gasteiger partial charge is 0.702 e. The molecule has 0 aromatic carbocycles. The van der Waals surface area contributed by atoms with E-state index in [1.165, 1.54) is 0 Å². The van der Waals surface area contributed by atoms with Crippen LogP contribution in [0.2, 0.25) is 0 Å². The zero-order chi connectivity index (χ0) is 5.21.